The molecule has 2 atom stereocenters. The van der Waals surface area contributed by atoms with Crippen molar-refractivity contribution in [3.8, 4) is 0 Å². The standard InChI is InChI=1S/C14H24N2O.ClH/c17-13(16-8-11-4-3-5-11)14-7-2-1-6-12(14)9-15-10-14;/h11-12,15H,1-10H2,(H,16,17);1H/t12-,14+;/m0./s1. The fraction of sp³-hybridized carbons (Fsp3) is 0.929. The molecule has 3 rings (SSSR count). The van der Waals surface area contributed by atoms with Crippen LogP contribution in [0.3, 0.4) is 0 Å². The third-order valence-electron chi connectivity index (χ3n) is 5.27. The molecule has 0 bridgehead atoms. The average Bonchev–Trinajstić information content (AvgIpc) is 2.71. The summed E-state index contributed by atoms with van der Waals surface area (Å²) in [6.45, 7) is 2.89. The summed E-state index contributed by atoms with van der Waals surface area (Å²) in [7, 11) is 0. The SMILES string of the molecule is Cl.O=C(NCC1CCC1)[C@@]12CCCC[C@H]1CNC2. The Morgan fingerprint density at radius 1 is 1.22 bits per heavy atom. The average molecular weight is 273 g/mol. The van der Waals surface area contributed by atoms with Gasteiger partial charge in [-0.05, 0) is 44.1 Å². The highest BCUT2D eigenvalue weighted by atomic mass is 35.5. The maximum atomic E-state index is 12.5. The Balaban J connectivity index is 0.00000120. The van der Waals surface area contributed by atoms with Gasteiger partial charge in [0.25, 0.3) is 0 Å². The van der Waals surface area contributed by atoms with Gasteiger partial charge in [-0.25, -0.2) is 0 Å². The van der Waals surface area contributed by atoms with Crippen molar-refractivity contribution in [1.29, 1.82) is 0 Å². The van der Waals surface area contributed by atoms with Crippen LogP contribution in [0.4, 0.5) is 0 Å². The number of hydrogen-bond donors (Lipinski definition) is 2. The summed E-state index contributed by atoms with van der Waals surface area (Å²) in [4.78, 5) is 12.5. The Morgan fingerprint density at radius 3 is 2.78 bits per heavy atom. The minimum atomic E-state index is -0.0536. The highest BCUT2D eigenvalue weighted by Crippen LogP contribution is 2.44. The lowest BCUT2D eigenvalue weighted by molar-refractivity contribution is -0.134. The van der Waals surface area contributed by atoms with Crippen LogP contribution in [0.5, 0.6) is 0 Å². The molecule has 0 aromatic carbocycles. The Kier molecular flexibility index (Phi) is 4.54. The molecule has 2 N–H and O–H groups in total. The first-order valence-corrected chi connectivity index (χ1v) is 7.30. The first-order valence-electron chi connectivity index (χ1n) is 7.30. The van der Waals surface area contributed by atoms with E-state index in [0.29, 0.717) is 11.8 Å². The number of fused-ring (bicyclic) bond motifs is 1. The second kappa shape index (κ2) is 5.79. The first kappa shape index (κ1) is 14.1. The maximum absolute atomic E-state index is 12.5. The molecular formula is C14H25ClN2O. The fourth-order valence-electron chi connectivity index (χ4n) is 3.80. The van der Waals surface area contributed by atoms with Gasteiger partial charge in [0.2, 0.25) is 5.91 Å². The molecule has 0 spiro atoms. The zero-order chi connectivity index (χ0) is 11.7. The molecule has 3 aliphatic rings. The quantitative estimate of drug-likeness (QED) is 0.826. The van der Waals surface area contributed by atoms with Crippen LogP contribution in [-0.2, 0) is 4.79 Å². The van der Waals surface area contributed by atoms with Gasteiger partial charge >= 0.3 is 0 Å². The van der Waals surface area contributed by atoms with Crippen LogP contribution < -0.4 is 10.6 Å². The van der Waals surface area contributed by atoms with Gasteiger partial charge in [-0.1, -0.05) is 19.3 Å². The van der Waals surface area contributed by atoms with Gasteiger partial charge in [-0.2, -0.15) is 0 Å². The molecular weight excluding hydrogens is 248 g/mol. The molecule has 0 aromatic rings. The Morgan fingerprint density at radius 2 is 2.06 bits per heavy atom. The van der Waals surface area contributed by atoms with Crippen molar-refractivity contribution >= 4 is 18.3 Å². The topological polar surface area (TPSA) is 41.1 Å². The molecule has 0 unspecified atom stereocenters. The monoisotopic (exact) mass is 272 g/mol. The van der Waals surface area contributed by atoms with Crippen molar-refractivity contribution < 1.29 is 4.79 Å². The van der Waals surface area contributed by atoms with Crippen LogP contribution in [0.25, 0.3) is 0 Å². The molecule has 3 nitrogen and oxygen atoms in total. The molecule has 1 heterocycles. The third kappa shape index (κ3) is 2.39. The molecule has 18 heavy (non-hydrogen) atoms. The van der Waals surface area contributed by atoms with Gasteiger partial charge < -0.3 is 10.6 Å². The summed E-state index contributed by atoms with van der Waals surface area (Å²) < 4.78 is 0. The molecule has 0 aromatic heterocycles. The van der Waals surface area contributed by atoms with Crippen molar-refractivity contribution in [3.05, 3.63) is 0 Å². The minimum Gasteiger partial charge on any atom is -0.355 e. The Bertz CT molecular complexity index is 306. The second-order valence-corrected chi connectivity index (χ2v) is 6.24. The second-order valence-electron chi connectivity index (χ2n) is 6.24. The molecule has 2 aliphatic carbocycles. The summed E-state index contributed by atoms with van der Waals surface area (Å²) in [6.07, 6.45) is 8.86. The van der Waals surface area contributed by atoms with Crippen molar-refractivity contribution in [3.63, 3.8) is 0 Å². The Hall–Kier alpha value is -0.280. The highest BCUT2D eigenvalue weighted by Gasteiger charge is 2.49. The molecule has 104 valence electrons. The number of rotatable bonds is 3. The summed E-state index contributed by atoms with van der Waals surface area (Å²) >= 11 is 0. The van der Waals surface area contributed by atoms with Crippen molar-refractivity contribution in [1.82, 2.24) is 10.6 Å². The lowest BCUT2D eigenvalue weighted by atomic mass is 9.67. The van der Waals surface area contributed by atoms with Gasteiger partial charge in [0, 0.05) is 13.1 Å². The predicted molar refractivity (Wildman–Crippen MR) is 74.9 cm³/mol. The highest BCUT2D eigenvalue weighted by molar-refractivity contribution is 5.85. The first-order chi connectivity index (χ1) is 8.31. The summed E-state index contributed by atoms with van der Waals surface area (Å²) in [5.74, 6) is 1.71. The molecule has 0 radical (unpaired) electrons. The summed E-state index contributed by atoms with van der Waals surface area (Å²) in [5.41, 5.74) is -0.0536. The number of nitrogens with one attached hydrogen (secondary N) is 2. The van der Waals surface area contributed by atoms with Gasteiger partial charge in [0.1, 0.15) is 0 Å². The van der Waals surface area contributed by atoms with Gasteiger partial charge in [0.05, 0.1) is 5.41 Å². The Labute approximate surface area is 116 Å². The third-order valence-corrected chi connectivity index (χ3v) is 5.27. The zero-order valence-electron chi connectivity index (χ0n) is 11.0. The van der Waals surface area contributed by atoms with Crippen LogP contribution in [0, 0.1) is 17.3 Å². The van der Waals surface area contributed by atoms with E-state index in [9.17, 15) is 4.79 Å². The van der Waals surface area contributed by atoms with E-state index >= 15 is 0 Å². The number of carbonyl (C=O) groups is 1. The van der Waals surface area contributed by atoms with Crippen molar-refractivity contribution in [2.75, 3.05) is 19.6 Å². The molecule has 3 fully saturated rings. The summed E-state index contributed by atoms with van der Waals surface area (Å²) in [6, 6.07) is 0. The van der Waals surface area contributed by atoms with Crippen LogP contribution in [0.2, 0.25) is 0 Å². The largest absolute Gasteiger partial charge is 0.355 e. The molecule has 1 aliphatic heterocycles. The van der Waals surface area contributed by atoms with Crippen LogP contribution in [0.1, 0.15) is 44.9 Å². The van der Waals surface area contributed by atoms with E-state index in [-0.39, 0.29) is 17.8 Å². The normalized spacial score (nSPS) is 35.2. The van der Waals surface area contributed by atoms with Crippen LogP contribution >= 0.6 is 12.4 Å². The lowest BCUT2D eigenvalue weighted by Gasteiger charge is -2.38. The van der Waals surface area contributed by atoms with E-state index in [1.165, 1.54) is 38.5 Å². The van der Waals surface area contributed by atoms with E-state index in [0.717, 1.165) is 32.0 Å². The molecule has 1 amide bonds. The van der Waals surface area contributed by atoms with E-state index in [2.05, 4.69) is 10.6 Å². The number of hydrogen-bond acceptors (Lipinski definition) is 2. The number of halogens is 1. The van der Waals surface area contributed by atoms with E-state index < -0.39 is 0 Å². The predicted octanol–water partition coefficient (Wildman–Crippen LogP) is 2.10. The minimum absolute atomic E-state index is 0. The lowest BCUT2D eigenvalue weighted by Crippen LogP contribution is -2.49. The van der Waals surface area contributed by atoms with Crippen molar-refractivity contribution in [2.45, 2.75) is 44.9 Å². The van der Waals surface area contributed by atoms with Crippen molar-refractivity contribution in [2.24, 2.45) is 17.3 Å². The summed E-state index contributed by atoms with van der Waals surface area (Å²) in [5, 5.41) is 6.68. The number of amides is 1. The molecule has 1 saturated heterocycles. The van der Waals surface area contributed by atoms with E-state index in [4.69, 9.17) is 0 Å². The number of carbonyl (C=O) groups excluding carboxylic acids is 1. The van der Waals surface area contributed by atoms with Gasteiger partial charge in [-0.3, -0.25) is 4.79 Å². The fourth-order valence-corrected chi connectivity index (χ4v) is 3.80. The molecule has 4 heteroatoms. The van der Waals surface area contributed by atoms with Crippen LogP contribution in [-0.4, -0.2) is 25.5 Å². The van der Waals surface area contributed by atoms with E-state index in [1.54, 1.807) is 0 Å². The zero-order valence-corrected chi connectivity index (χ0v) is 11.9. The van der Waals surface area contributed by atoms with Gasteiger partial charge in [0.15, 0.2) is 0 Å². The maximum Gasteiger partial charge on any atom is 0.227 e. The van der Waals surface area contributed by atoms with Gasteiger partial charge in [-0.15, -0.1) is 12.4 Å². The van der Waals surface area contributed by atoms with Crippen LogP contribution in [0.15, 0.2) is 0 Å². The molecule has 2 saturated carbocycles. The smallest absolute Gasteiger partial charge is 0.227 e. The van der Waals surface area contributed by atoms with E-state index in [1.807, 2.05) is 0 Å².